The summed E-state index contributed by atoms with van der Waals surface area (Å²) in [7, 11) is 1.58. The second-order valence-electron chi connectivity index (χ2n) is 6.26. The summed E-state index contributed by atoms with van der Waals surface area (Å²) < 4.78 is 5.29. The zero-order valence-electron chi connectivity index (χ0n) is 13.4. The SMILES string of the molecule is COc1ccc(Cl)cc1C(=O)N1CCC(NCC2CC2)CC1.Cl. The minimum atomic E-state index is 0. The number of nitrogens with zero attached hydrogens (tertiary/aromatic N) is 1. The zero-order chi connectivity index (χ0) is 15.5. The Morgan fingerprint density at radius 3 is 2.61 bits per heavy atom. The maximum atomic E-state index is 12.7. The van der Waals surface area contributed by atoms with Crippen molar-refractivity contribution in [2.75, 3.05) is 26.7 Å². The van der Waals surface area contributed by atoms with E-state index in [1.165, 1.54) is 12.8 Å². The van der Waals surface area contributed by atoms with E-state index in [-0.39, 0.29) is 18.3 Å². The molecule has 1 amide bonds. The lowest BCUT2D eigenvalue weighted by Crippen LogP contribution is -2.45. The maximum absolute atomic E-state index is 12.7. The van der Waals surface area contributed by atoms with Gasteiger partial charge in [0.15, 0.2) is 0 Å². The number of rotatable bonds is 5. The molecule has 3 rings (SSSR count). The molecule has 2 aliphatic rings. The Morgan fingerprint density at radius 1 is 1.30 bits per heavy atom. The highest BCUT2D eigenvalue weighted by molar-refractivity contribution is 6.31. The van der Waals surface area contributed by atoms with Crippen LogP contribution in [0.15, 0.2) is 18.2 Å². The van der Waals surface area contributed by atoms with Crippen molar-refractivity contribution in [1.82, 2.24) is 10.2 Å². The minimum Gasteiger partial charge on any atom is -0.496 e. The number of amides is 1. The van der Waals surface area contributed by atoms with E-state index < -0.39 is 0 Å². The molecule has 0 aromatic heterocycles. The van der Waals surface area contributed by atoms with Crippen molar-refractivity contribution in [1.29, 1.82) is 0 Å². The summed E-state index contributed by atoms with van der Waals surface area (Å²) >= 11 is 6.02. The number of likely N-dealkylation sites (tertiary alicyclic amines) is 1. The fraction of sp³-hybridized carbons (Fsp3) is 0.588. The van der Waals surface area contributed by atoms with Crippen LogP contribution in [0, 0.1) is 5.92 Å². The van der Waals surface area contributed by atoms with Crippen LogP contribution < -0.4 is 10.1 Å². The molecular formula is C17H24Cl2N2O2. The molecule has 0 radical (unpaired) electrons. The molecule has 2 fully saturated rings. The Bertz CT molecular complexity index is 541. The summed E-state index contributed by atoms with van der Waals surface area (Å²) in [5.74, 6) is 1.50. The van der Waals surface area contributed by atoms with Gasteiger partial charge in [0.2, 0.25) is 0 Å². The predicted molar refractivity (Wildman–Crippen MR) is 94.9 cm³/mol. The molecule has 4 nitrogen and oxygen atoms in total. The molecule has 0 atom stereocenters. The van der Waals surface area contributed by atoms with E-state index in [4.69, 9.17) is 16.3 Å². The highest BCUT2D eigenvalue weighted by atomic mass is 35.5. The van der Waals surface area contributed by atoms with Crippen LogP contribution in [0.2, 0.25) is 5.02 Å². The normalized spacial score (nSPS) is 18.4. The molecule has 128 valence electrons. The molecule has 1 aromatic rings. The summed E-state index contributed by atoms with van der Waals surface area (Å²) in [4.78, 5) is 14.6. The number of hydrogen-bond donors (Lipinski definition) is 1. The number of methoxy groups -OCH3 is 1. The fourth-order valence-electron chi connectivity index (χ4n) is 2.96. The van der Waals surface area contributed by atoms with Gasteiger partial charge in [0.25, 0.3) is 5.91 Å². The van der Waals surface area contributed by atoms with Crippen molar-refractivity contribution < 1.29 is 9.53 Å². The monoisotopic (exact) mass is 358 g/mol. The zero-order valence-corrected chi connectivity index (χ0v) is 15.0. The second-order valence-corrected chi connectivity index (χ2v) is 6.70. The van der Waals surface area contributed by atoms with Gasteiger partial charge in [-0.25, -0.2) is 0 Å². The smallest absolute Gasteiger partial charge is 0.257 e. The van der Waals surface area contributed by atoms with Crippen molar-refractivity contribution in [3.63, 3.8) is 0 Å². The molecule has 1 heterocycles. The van der Waals surface area contributed by atoms with Gasteiger partial charge in [0.1, 0.15) is 5.75 Å². The topological polar surface area (TPSA) is 41.6 Å². The van der Waals surface area contributed by atoms with Crippen molar-refractivity contribution in [2.45, 2.75) is 31.7 Å². The van der Waals surface area contributed by atoms with Crippen LogP contribution in [-0.4, -0.2) is 43.6 Å². The molecule has 0 bridgehead atoms. The summed E-state index contributed by atoms with van der Waals surface area (Å²) in [6.07, 6.45) is 4.78. The van der Waals surface area contributed by atoms with E-state index in [1.807, 2.05) is 4.90 Å². The molecule has 6 heteroatoms. The molecule has 1 saturated heterocycles. The lowest BCUT2D eigenvalue weighted by molar-refractivity contribution is 0.0701. The lowest BCUT2D eigenvalue weighted by Gasteiger charge is -2.33. The Kier molecular flexibility index (Phi) is 6.57. The summed E-state index contributed by atoms with van der Waals surface area (Å²) in [5, 5.41) is 4.19. The number of halogens is 2. The van der Waals surface area contributed by atoms with Crippen LogP contribution in [0.5, 0.6) is 5.75 Å². The number of carbonyl (C=O) groups excluding carboxylic acids is 1. The van der Waals surface area contributed by atoms with Gasteiger partial charge in [-0.3, -0.25) is 4.79 Å². The standard InChI is InChI=1S/C17H23ClN2O2.ClH/c1-22-16-5-4-13(18)10-15(16)17(21)20-8-6-14(7-9-20)19-11-12-2-3-12;/h4-5,10,12,14,19H,2-3,6-9,11H2,1H3;1H. The second kappa shape index (κ2) is 8.22. The van der Waals surface area contributed by atoms with E-state index in [0.29, 0.717) is 22.4 Å². The number of carbonyl (C=O) groups is 1. The van der Waals surface area contributed by atoms with Crippen LogP contribution in [0.25, 0.3) is 0 Å². The van der Waals surface area contributed by atoms with Crippen molar-refractivity contribution in [3.05, 3.63) is 28.8 Å². The van der Waals surface area contributed by atoms with E-state index in [9.17, 15) is 4.79 Å². The van der Waals surface area contributed by atoms with Gasteiger partial charge in [0.05, 0.1) is 12.7 Å². The highest BCUT2D eigenvalue weighted by Gasteiger charge is 2.27. The first kappa shape index (κ1) is 18.4. The van der Waals surface area contributed by atoms with Crippen LogP contribution in [0.1, 0.15) is 36.0 Å². The predicted octanol–water partition coefficient (Wildman–Crippen LogP) is 3.37. The van der Waals surface area contributed by atoms with E-state index in [0.717, 1.165) is 38.4 Å². The molecule has 1 aliphatic heterocycles. The Balaban J connectivity index is 0.00000192. The van der Waals surface area contributed by atoms with Crippen molar-refractivity contribution in [2.24, 2.45) is 5.92 Å². The van der Waals surface area contributed by atoms with E-state index in [1.54, 1.807) is 25.3 Å². The first-order chi connectivity index (χ1) is 10.7. The number of hydrogen-bond acceptors (Lipinski definition) is 3. The van der Waals surface area contributed by atoms with Gasteiger partial charge in [0, 0.05) is 24.2 Å². The van der Waals surface area contributed by atoms with E-state index in [2.05, 4.69) is 5.32 Å². The molecular weight excluding hydrogens is 335 g/mol. The van der Waals surface area contributed by atoms with Gasteiger partial charge in [-0.2, -0.15) is 0 Å². The lowest BCUT2D eigenvalue weighted by atomic mass is 10.0. The quantitative estimate of drug-likeness (QED) is 0.877. The molecule has 1 saturated carbocycles. The minimum absolute atomic E-state index is 0. The summed E-state index contributed by atoms with van der Waals surface area (Å²) in [6.45, 7) is 2.72. The van der Waals surface area contributed by atoms with Gasteiger partial charge in [-0.1, -0.05) is 11.6 Å². The van der Waals surface area contributed by atoms with Gasteiger partial charge >= 0.3 is 0 Å². The first-order valence-corrected chi connectivity index (χ1v) is 8.41. The summed E-state index contributed by atoms with van der Waals surface area (Å²) in [5.41, 5.74) is 0.555. The van der Waals surface area contributed by atoms with Crippen LogP contribution in [0.4, 0.5) is 0 Å². The summed E-state index contributed by atoms with van der Waals surface area (Å²) in [6, 6.07) is 5.73. The third-order valence-electron chi connectivity index (χ3n) is 4.57. The first-order valence-electron chi connectivity index (χ1n) is 8.03. The number of piperidine rings is 1. The van der Waals surface area contributed by atoms with Crippen molar-refractivity contribution >= 4 is 29.9 Å². The molecule has 1 aromatic carbocycles. The van der Waals surface area contributed by atoms with Crippen LogP contribution >= 0.6 is 24.0 Å². The molecule has 0 spiro atoms. The van der Waals surface area contributed by atoms with Crippen LogP contribution in [-0.2, 0) is 0 Å². The number of benzene rings is 1. The Morgan fingerprint density at radius 2 is 2.00 bits per heavy atom. The maximum Gasteiger partial charge on any atom is 0.257 e. The Hall–Kier alpha value is -0.970. The third kappa shape index (κ3) is 4.75. The average molecular weight is 359 g/mol. The number of ether oxygens (including phenoxy) is 1. The highest BCUT2D eigenvalue weighted by Crippen LogP contribution is 2.28. The average Bonchev–Trinajstić information content (AvgIpc) is 3.37. The molecule has 1 aliphatic carbocycles. The van der Waals surface area contributed by atoms with Crippen molar-refractivity contribution in [3.8, 4) is 5.75 Å². The molecule has 1 N–H and O–H groups in total. The van der Waals surface area contributed by atoms with Crippen LogP contribution in [0.3, 0.4) is 0 Å². The fourth-order valence-corrected chi connectivity index (χ4v) is 3.13. The number of nitrogens with one attached hydrogen (secondary N) is 1. The largest absolute Gasteiger partial charge is 0.496 e. The van der Waals surface area contributed by atoms with Gasteiger partial charge in [-0.05, 0) is 56.3 Å². The molecule has 23 heavy (non-hydrogen) atoms. The van der Waals surface area contributed by atoms with Gasteiger partial charge in [-0.15, -0.1) is 12.4 Å². The molecule has 0 unspecified atom stereocenters. The van der Waals surface area contributed by atoms with Gasteiger partial charge < -0.3 is 15.0 Å². The Labute approximate surface area is 148 Å². The third-order valence-corrected chi connectivity index (χ3v) is 4.80. The van der Waals surface area contributed by atoms with E-state index >= 15 is 0 Å².